The van der Waals surface area contributed by atoms with Crippen LogP contribution in [-0.2, 0) is 22.5 Å². The summed E-state index contributed by atoms with van der Waals surface area (Å²) >= 11 is 0. The Kier molecular flexibility index (Phi) is 4.39. The lowest BCUT2D eigenvalue weighted by Gasteiger charge is -2.07. The van der Waals surface area contributed by atoms with Crippen molar-refractivity contribution in [3.8, 4) is 0 Å². The third-order valence-electron chi connectivity index (χ3n) is 3.41. The second-order valence-electron chi connectivity index (χ2n) is 4.88. The van der Waals surface area contributed by atoms with E-state index >= 15 is 0 Å². The molecule has 0 saturated carbocycles. The molecule has 0 aliphatic heterocycles. The van der Waals surface area contributed by atoms with Gasteiger partial charge in [-0.25, -0.2) is 4.98 Å². The summed E-state index contributed by atoms with van der Waals surface area (Å²) < 4.78 is 7.11. The lowest BCUT2D eigenvalue weighted by molar-refractivity contribution is -0.137. The van der Waals surface area contributed by atoms with Gasteiger partial charge in [-0.2, -0.15) is 0 Å². The minimum Gasteiger partial charge on any atom is -0.480 e. The highest BCUT2D eigenvalue weighted by Crippen LogP contribution is 2.21. The number of rotatable bonds is 6. The number of imidazole rings is 1. The van der Waals surface area contributed by atoms with E-state index in [1.165, 1.54) is 0 Å². The number of aromatic nitrogens is 2. The van der Waals surface area contributed by atoms with Gasteiger partial charge in [0.15, 0.2) is 0 Å². The van der Waals surface area contributed by atoms with Crippen molar-refractivity contribution >= 4 is 17.0 Å². The Morgan fingerprint density at radius 2 is 2.05 bits per heavy atom. The van der Waals surface area contributed by atoms with Crippen molar-refractivity contribution in [2.75, 3.05) is 13.2 Å². The van der Waals surface area contributed by atoms with E-state index in [1.807, 2.05) is 32.9 Å². The molecule has 2 rings (SSSR count). The first-order chi connectivity index (χ1) is 9.52. The van der Waals surface area contributed by atoms with Gasteiger partial charge >= 0.3 is 5.97 Å². The molecule has 0 fully saturated rings. The maximum absolute atomic E-state index is 11.1. The summed E-state index contributed by atoms with van der Waals surface area (Å²) in [4.78, 5) is 15.6. The van der Waals surface area contributed by atoms with Crippen LogP contribution in [0.2, 0.25) is 0 Å². The summed E-state index contributed by atoms with van der Waals surface area (Å²) in [5, 5.41) is 9.08. The number of fused-ring (bicyclic) bond motifs is 1. The number of hydrogen-bond acceptors (Lipinski definition) is 3. The van der Waals surface area contributed by atoms with E-state index in [2.05, 4.69) is 4.98 Å². The van der Waals surface area contributed by atoms with Crippen LogP contribution in [0.15, 0.2) is 12.1 Å². The Labute approximate surface area is 118 Å². The smallest absolute Gasteiger partial charge is 0.323 e. The molecule has 0 bridgehead atoms. The van der Waals surface area contributed by atoms with E-state index in [0.29, 0.717) is 19.6 Å². The van der Waals surface area contributed by atoms with Crippen molar-refractivity contribution < 1.29 is 14.6 Å². The molecule has 20 heavy (non-hydrogen) atoms. The number of carboxylic acids is 1. The van der Waals surface area contributed by atoms with Gasteiger partial charge in [0.05, 0.1) is 17.6 Å². The van der Waals surface area contributed by atoms with E-state index in [9.17, 15) is 4.79 Å². The molecule has 2 aromatic rings. The molecule has 0 spiro atoms. The second kappa shape index (κ2) is 6.05. The predicted molar refractivity (Wildman–Crippen MR) is 77.0 cm³/mol. The molecular formula is C15H20N2O3. The van der Waals surface area contributed by atoms with Crippen LogP contribution in [0, 0.1) is 13.8 Å². The summed E-state index contributed by atoms with van der Waals surface area (Å²) in [6, 6.07) is 4.01. The molecule has 0 saturated heterocycles. The molecule has 0 amide bonds. The number of ether oxygens (including phenoxy) is 1. The number of hydrogen-bond donors (Lipinski definition) is 1. The summed E-state index contributed by atoms with van der Waals surface area (Å²) in [6.45, 7) is 7.12. The summed E-state index contributed by atoms with van der Waals surface area (Å²) in [7, 11) is 0. The van der Waals surface area contributed by atoms with Crippen molar-refractivity contribution in [1.82, 2.24) is 9.55 Å². The SMILES string of the molecule is CCOCCc1nc2cc(C)c(C)cc2n1CC(=O)O. The van der Waals surface area contributed by atoms with E-state index in [0.717, 1.165) is 28.0 Å². The lowest BCUT2D eigenvalue weighted by Crippen LogP contribution is -2.13. The minimum absolute atomic E-state index is 0.0690. The lowest BCUT2D eigenvalue weighted by atomic mass is 10.1. The topological polar surface area (TPSA) is 64.4 Å². The fourth-order valence-electron chi connectivity index (χ4n) is 2.24. The molecule has 0 aliphatic carbocycles. The van der Waals surface area contributed by atoms with Crippen LogP contribution in [0.4, 0.5) is 0 Å². The third kappa shape index (κ3) is 2.99. The highest BCUT2D eigenvalue weighted by Gasteiger charge is 2.14. The summed E-state index contributed by atoms with van der Waals surface area (Å²) in [5.74, 6) is -0.0963. The normalized spacial score (nSPS) is 11.2. The van der Waals surface area contributed by atoms with Gasteiger partial charge in [0.1, 0.15) is 12.4 Å². The minimum atomic E-state index is -0.861. The average Bonchev–Trinajstić information content (AvgIpc) is 2.68. The van der Waals surface area contributed by atoms with E-state index < -0.39 is 5.97 Å². The first-order valence-corrected chi connectivity index (χ1v) is 6.78. The Bertz CT molecular complexity index is 632. The molecule has 5 nitrogen and oxygen atoms in total. The van der Waals surface area contributed by atoms with Gasteiger partial charge in [0.25, 0.3) is 0 Å². The fraction of sp³-hybridized carbons (Fsp3) is 0.467. The molecule has 108 valence electrons. The third-order valence-corrected chi connectivity index (χ3v) is 3.41. The molecule has 0 aliphatic rings. The van der Waals surface area contributed by atoms with Gasteiger partial charge in [0, 0.05) is 13.0 Å². The van der Waals surface area contributed by atoms with E-state index in [1.54, 1.807) is 4.57 Å². The van der Waals surface area contributed by atoms with Crippen LogP contribution in [-0.4, -0.2) is 33.8 Å². The second-order valence-corrected chi connectivity index (χ2v) is 4.88. The van der Waals surface area contributed by atoms with Crippen LogP contribution in [0.25, 0.3) is 11.0 Å². The molecule has 5 heteroatoms. The Balaban J connectivity index is 2.45. The van der Waals surface area contributed by atoms with Crippen molar-refractivity contribution in [2.24, 2.45) is 0 Å². The zero-order valence-corrected chi connectivity index (χ0v) is 12.1. The van der Waals surface area contributed by atoms with E-state index in [4.69, 9.17) is 9.84 Å². The predicted octanol–water partition coefficient (Wildman–Crippen LogP) is 2.32. The number of carboxylic acid groups (broad SMARTS) is 1. The first kappa shape index (κ1) is 14.5. The number of carbonyl (C=O) groups is 1. The largest absolute Gasteiger partial charge is 0.480 e. The fourth-order valence-corrected chi connectivity index (χ4v) is 2.24. The monoisotopic (exact) mass is 276 g/mol. The molecule has 1 heterocycles. The Morgan fingerprint density at radius 3 is 2.70 bits per heavy atom. The maximum Gasteiger partial charge on any atom is 0.323 e. The zero-order chi connectivity index (χ0) is 14.7. The molecule has 1 aromatic carbocycles. The van der Waals surface area contributed by atoms with Crippen LogP contribution in [0.1, 0.15) is 23.9 Å². The van der Waals surface area contributed by atoms with Crippen molar-refractivity contribution in [2.45, 2.75) is 33.7 Å². The van der Waals surface area contributed by atoms with Crippen molar-refractivity contribution in [1.29, 1.82) is 0 Å². The maximum atomic E-state index is 11.1. The molecular weight excluding hydrogens is 256 g/mol. The molecule has 0 atom stereocenters. The number of benzene rings is 1. The zero-order valence-electron chi connectivity index (χ0n) is 12.1. The van der Waals surface area contributed by atoms with Gasteiger partial charge in [-0.15, -0.1) is 0 Å². The molecule has 1 N–H and O–H groups in total. The van der Waals surface area contributed by atoms with Gasteiger partial charge in [-0.1, -0.05) is 0 Å². The van der Waals surface area contributed by atoms with Gasteiger partial charge in [-0.3, -0.25) is 4.79 Å². The highest BCUT2D eigenvalue weighted by molar-refractivity contribution is 5.80. The van der Waals surface area contributed by atoms with Crippen molar-refractivity contribution in [3.05, 3.63) is 29.1 Å². The van der Waals surface area contributed by atoms with Gasteiger partial charge < -0.3 is 14.4 Å². The Morgan fingerprint density at radius 1 is 1.35 bits per heavy atom. The molecule has 0 radical (unpaired) electrons. The van der Waals surface area contributed by atoms with Gasteiger partial charge in [0.2, 0.25) is 0 Å². The number of nitrogens with zero attached hydrogens (tertiary/aromatic N) is 2. The molecule has 1 aromatic heterocycles. The molecule has 0 unspecified atom stereocenters. The standard InChI is InChI=1S/C15H20N2O3/c1-4-20-6-5-14-16-12-7-10(2)11(3)8-13(12)17(14)9-15(18)19/h7-8H,4-6,9H2,1-3H3,(H,18,19). The quantitative estimate of drug-likeness (QED) is 0.822. The first-order valence-electron chi connectivity index (χ1n) is 6.78. The average molecular weight is 276 g/mol. The summed E-state index contributed by atoms with van der Waals surface area (Å²) in [5.41, 5.74) is 4.03. The van der Waals surface area contributed by atoms with Crippen LogP contribution < -0.4 is 0 Å². The van der Waals surface area contributed by atoms with Crippen LogP contribution >= 0.6 is 0 Å². The summed E-state index contributed by atoms with van der Waals surface area (Å²) in [6.07, 6.45) is 0.619. The highest BCUT2D eigenvalue weighted by atomic mass is 16.5. The van der Waals surface area contributed by atoms with E-state index in [-0.39, 0.29) is 6.54 Å². The van der Waals surface area contributed by atoms with Crippen LogP contribution in [0.5, 0.6) is 0 Å². The van der Waals surface area contributed by atoms with Gasteiger partial charge in [-0.05, 0) is 44.0 Å². The van der Waals surface area contributed by atoms with Crippen LogP contribution in [0.3, 0.4) is 0 Å². The Hall–Kier alpha value is -1.88. The number of aliphatic carboxylic acids is 1. The number of aryl methyl sites for hydroxylation is 2. The van der Waals surface area contributed by atoms with Crippen molar-refractivity contribution in [3.63, 3.8) is 0 Å².